The summed E-state index contributed by atoms with van der Waals surface area (Å²) in [5, 5.41) is 5.03. The summed E-state index contributed by atoms with van der Waals surface area (Å²) in [5.74, 6) is 0.0129. The van der Waals surface area contributed by atoms with E-state index in [2.05, 4.69) is 11.4 Å². The molecule has 2 aromatic rings. The zero-order valence-corrected chi connectivity index (χ0v) is 17.8. The second-order valence-electron chi connectivity index (χ2n) is 6.38. The van der Waals surface area contributed by atoms with Crippen molar-refractivity contribution in [3.63, 3.8) is 0 Å². The van der Waals surface area contributed by atoms with Crippen molar-refractivity contribution in [2.45, 2.75) is 51.0 Å². The van der Waals surface area contributed by atoms with Crippen molar-refractivity contribution < 1.29 is 13.2 Å². The van der Waals surface area contributed by atoms with Gasteiger partial charge in [0, 0.05) is 24.4 Å². The van der Waals surface area contributed by atoms with Crippen LogP contribution in [-0.4, -0.2) is 31.7 Å². The Morgan fingerprint density at radius 1 is 1.15 bits per heavy atom. The summed E-state index contributed by atoms with van der Waals surface area (Å²) in [6.45, 7) is 6.44. The Kier molecular flexibility index (Phi) is 8.01. The van der Waals surface area contributed by atoms with Gasteiger partial charge in [0.15, 0.2) is 0 Å². The first-order valence-corrected chi connectivity index (χ1v) is 11.6. The van der Waals surface area contributed by atoms with E-state index in [9.17, 15) is 13.2 Å². The second kappa shape index (κ2) is 10.0. The first-order valence-electron chi connectivity index (χ1n) is 9.30. The second-order valence-corrected chi connectivity index (χ2v) is 9.35. The maximum Gasteiger partial charge on any atom is 0.243 e. The molecule has 1 N–H and O–H groups in total. The van der Waals surface area contributed by atoms with Crippen LogP contribution < -0.4 is 5.32 Å². The van der Waals surface area contributed by atoms with Crippen LogP contribution in [0.25, 0.3) is 0 Å². The predicted octanol–water partition coefficient (Wildman–Crippen LogP) is 3.98. The average molecular weight is 409 g/mol. The zero-order valence-electron chi connectivity index (χ0n) is 16.1. The number of hydrogen-bond donors (Lipinski definition) is 1. The summed E-state index contributed by atoms with van der Waals surface area (Å²) in [6, 6.07) is 10.7. The van der Waals surface area contributed by atoms with Crippen LogP contribution in [0.2, 0.25) is 0 Å². The third-order valence-electron chi connectivity index (χ3n) is 4.51. The lowest BCUT2D eigenvalue weighted by atomic mass is 10.1. The van der Waals surface area contributed by atoms with Gasteiger partial charge in [-0.05, 0) is 48.9 Å². The van der Waals surface area contributed by atoms with Crippen LogP contribution in [0.5, 0.6) is 0 Å². The standard InChI is InChI=1S/C20H28N2O3S2/c1-4-22(5-2)27(24,25)19-13-11-17(12-14-19)16(3)21-20(23)10-6-8-18-9-7-15-26-18/h7,9,11-16H,4-6,8,10H2,1-3H3,(H,21,23). The van der Waals surface area contributed by atoms with Crippen LogP contribution in [-0.2, 0) is 21.2 Å². The molecule has 1 unspecified atom stereocenters. The van der Waals surface area contributed by atoms with Crippen molar-refractivity contribution in [2.24, 2.45) is 0 Å². The van der Waals surface area contributed by atoms with Gasteiger partial charge in [-0.1, -0.05) is 32.0 Å². The van der Waals surface area contributed by atoms with Crippen molar-refractivity contribution in [3.05, 3.63) is 52.2 Å². The van der Waals surface area contributed by atoms with Gasteiger partial charge in [-0.15, -0.1) is 11.3 Å². The number of sulfonamides is 1. The van der Waals surface area contributed by atoms with Crippen molar-refractivity contribution in [1.29, 1.82) is 0 Å². The van der Waals surface area contributed by atoms with Crippen LogP contribution in [0, 0.1) is 0 Å². The Labute approximate surface area is 166 Å². The van der Waals surface area contributed by atoms with E-state index in [1.807, 2.05) is 32.2 Å². The molecular weight excluding hydrogens is 380 g/mol. The van der Waals surface area contributed by atoms with Crippen LogP contribution in [0.3, 0.4) is 0 Å². The van der Waals surface area contributed by atoms with Gasteiger partial charge >= 0.3 is 0 Å². The quantitative estimate of drug-likeness (QED) is 0.647. The van der Waals surface area contributed by atoms with E-state index < -0.39 is 10.0 Å². The normalized spacial score (nSPS) is 12.9. The predicted molar refractivity (Wildman–Crippen MR) is 110 cm³/mol. The van der Waals surface area contributed by atoms with Gasteiger partial charge in [0.1, 0.15) is 0 Å². The van der Waals surface area contributed by atoms with E-state index in [4.69, 9.17) is 0 Å². The highest BCUT2D eigenvalue weighted by molar-refractivity contribution is 7.89. The number of nitrogens with zero attached hydrogens (tertiary/aromatic N) is 1. The lowest BCUT2D eigenvalue weighted by Crippen LogP contribution is -2.30. The zero-order chi connectivity index (χ0) is 19.9. The van der Waals surface area contributed by atoms with Crippen LogP contribution in [0.1, 0.15) is 50.1 Å². The molecule has 0 bridgehead atoms. The molecule has 0 aliphatic carbocycles. The van der Waals surface area contributed by atoms with Crippen LogP contribution in [0.15, 0.2) is 46.7 Å². The summed E-state index contributed by atoms with van der Waals surface area (Å²) in [5.41, 5.74) is 0.889. The molecule has 0 radical (unpaired) electrons. The fourth-order valence-corrected chi connectivity index (χ4v) is 5.13. The molecule has 1 amide bonds. The summed E-state index contributed by atoms with van der Waals surface area (Å²) in [6.07, 6.45) is 2.22. The maximum atomic E-state index is 12.5. The molecule has 0 spiro atoms. The molecule has 0 fully saturated rings. The van der Waals surface area contributed by atoms with Crippen molar-refractivity contribution in [3.8, 4) is 0 Å². The summed E-state index contributed by atoms with van der Waals surface area (Å²) < 4.78 is 26.5. The molecule has 2 rings (SSSR count). The first kappa shape index (κ1) is 21.6. The first-order chi connectivity index (χ1) is 12.9. The molecule has 0 aliphatic heterocycles. The Hall–Kier alpha value is -1.70. The highest BCUT2D eigenvalue weighted by Gasteiger charge is 2.21. The third kappa shape index (κ3) is 5.89. The van der Waals surface area contributed by atoms with Gasteiger partial charge in [-0.3, -0.25) is 4.79 Å². The fraction of sp³-hybridized carbons (Fsp3) is 0.450. The van der Waals surface area contributed by atoms with Crippen LogP contribution in [0.4, 0.5) is 0 Å². The summed E-state index contributed by atoms with van der Waals surface area (Å²) in [4.78, 5) is 13.7. The lowest BCUT2D eigenvalue weighted by molar-refractivity contribution is -0.121. The lowest BCUT2D eigenvalue weighted by Gasteiger charge is -2.19. The van der Waals surface area contributed by atoms with Crippen molar-refractivity contribution in [2.75, 3.05) is 13.1 Å². The number of carbonyl (C=O) groups is 1. The topological polar surface area (TPSA) is 66.5 Å². The molecule has 1 aromatic heterocycles. The summed E-state index contributed by atoms with van der Waals surface area (Å²) in [7, 11) is -3.45. The number of rotatable bonds is 10. The Morgan fingerprint density at radius 3 is 2.37 bits per heavy atom. The van der Waals surface area contributed by atoms with Crippen molar-refractivity contribution >= 4 is 27.3 Å². The Morgan fingerprint density at radius 2 is 1.81 bits per heavy atom. The molecule has 1 heterocycles. The maximum absolute atomic E-state index is 12.5. The molecule has 1 aromatic carbocycles. The minimum Gasteiger partial charge on any atom is -0.350 e. The fourth-order valence-electron chi connectivity index (χ4n) is 2.92. The molecule has 0 saturated carbocycles. The number of carbonyl (C=O) groups excluding carboxylic acids is 1. The highest BCUT2D eigenvalue weighted by atomic mass is 32.2. The molecule has 1 atom stereocenters. The third-order valence-corrected chi connectivity index (χ3v) is 7.51. The van der Waals surface area contributed by atoms with Gasteiger partial charge in [0.05, 0.1) is 10.9 Å². The molecule has 148 valence electrons. The van der Waals surface area contributed by atoms with E-state index in [1.165, 1.54) is 9.18 Å². The van der Waals surface area contributed by atoms with Gasteiger partial charge in [-0.25, -0.2) is 8.42 Å². The molecule has 27 heavy (non-hydrogen) atoms. The summed E-state index contributed by atoms with van der Waals surface area (Å²) >= 11 is 1.71. The molecule has 7 heteroatoms. The monoisotopic (exact) mass is 408 g/mol. The number of benzene rings is 1. The van der Waals surface area contributed by atoms with Crippen molar-refractivity contribution in [1.82, 2.24) is 9.62 Å². The Balaban J connectivity index is 1.91. The number of nitrogens with one attached hydrogen (secondary N) is 1. The van der Waals surface area contributed by atoms with E-state index in [-0.39, 0.29) is 16.8 Å². The minimum atomic E-state index is -3.45. The molecular formula is C20H28N2O3S2. The number of amides is 1. The average Bonchev–Trinajstić information content (AvgIpc) is 3.16. The largest absolute Gasteiger partial charge is 0.350 e. The van der Waals surface area contributed by atoms with Gasteiger partial charge < -0.3 is 5.32 Å². The smallest absolute Gasteiger partial charge is 0.243 e. The number of hydrogen-bond acceptors (Lipinski definition) is 4. The molecule has 5 nitrogen and oxygen atoms in total. The van der Waals surface area contributed by atoms with E-state index in [1.54, 1.807) is 35.6 Å². The molecule has 0 aliphatic rings. The number of aryl methyl sites for hydroxylation is 1. The molecule has 0 saturated heterocycles. The van der Waals surface area contributed by atoms with E-state index in [0.29, 0.717) is 19.5 Å². The van der Waals surface area contributed by atoms with E-state index in [0.717, 1.165) is 18.4 Å². The minimum absolute atomic E-state index is 0.0129. The van der Waals surface area contributed by atoms with Gasteiger partial charge in [-0.2, -0.15) is 4.31 Å². The van der Waals surface area contributed by atoms with Crippen LogP contribution >= 0.6 is 11.3 Å². The SMILES string of the molecule is CCN(CC)S(=O)(=O)c1ccc(C(C)NC(=O)CCCc2cccs2)cc1. The van der Waals surface area contributed by atoms with Gasteiger partial charge in [0.2, 0.25) is 15.9 Å². The van der Waals surface area contributed by atoms with Gasteiger partial charge in [0.25, 0.3) is 0 Å². The Bertz CT molecular complexity index is 811. The van der Waals surface area contributed by atoms with E-state index >= 15 is 0 Å². The number of thiophene rings is 1. The highest BCUT2D eigenvalue weighted by Crippen LogP contribution is 2.20.